The van der Waals surface area contributed by atoms with Crippen LogP contribution in [0, 0.1) is 0 Å². The van der Waals surface area contributed by atoms with Crippen molar-refractivity contribution in [2.24, 2.45) is 0 Å². The Morgan fingerprint density at radius 1 is 1.23 bits per heavy atom. The summed E-state index contributed by atoms with van der Waals surface area (Å²) in [5, 5.41) is 3.46. The monoisotopic (exact) mass is 330 g/mol. The van der Waals surface area contributed by atoms with Crippen LogP contribution in [0.15, 0.2) is 12.1 Å². The Bertz CT molecular complexity index is 446. The quantitative estimate of drug-likeness (QED) is 0.867. The zero-order valence-electron chi connectivity index (χ0n) is 13.8. The summed E-state index contributed by atoms with van der Waals surface area (Å²) in [6.07, 6.45) is 0. The van der Waals surface area contributed by atoms with Gasteiger partial charge in [0.15, 0.2) is 11.5 Å². The van der Waals surface area contributed by atoms with Gasteiger partial charge in [0.1, 0.15) is 0 Å². The van der Waals surface area contributed by atoms with E-state index in [0.717, 1.165) is 37.7 Å². The second kappa shape index (κ2) is 9.08. The molecule has 1 saturated heterocycles. The van der Waals surface area contributed by atoms with E-state index in [1.807, 2.05) is 19.1 Å². The largest absolute Gasteiger partial charge is 0.493 e. The summed E-state index contributed by atoms with van der Waals surface area (Å²) in [6.45, 7) is 8.79. The molecule has 6 heteroatoms. The third-order valence-electron chi connectivity index (χ3n) is 3.67. The summed E-state index contributed by atoms with van der Waals surface area (Å²) < 4.78 is 16.5. The van der Waals surface area contributed by atoms with Crippen molar-refractivity contribution in [1.29, 1.82) is 0 Å². The number of nitrogens with zero attached hydrogens (tertiary/aromatic N) is 1. The van der Waals surface area contributed by atoms with Crippen LogP contribution in [0.25, 0.3) is 0 Å². The number of benzene rings is 1. The molecule has 0 amide bonds. The second-order valence-electron chi connectivity index (χ2n) is 5.35. The molecule has 0 aromatic heterocycles. The molecular weight excluding hydrogens is 304 g/mol. The van der Waals surface area contributed by atoms with Gasteiger partial charge in [-0.1, -0.05) is 0 Å². The number of halogens is 1. The lowest BCUT2D eigenvalue weighted by molar-refractivity contribution is 0.199. The predicted octanol–water partition coefficient (Wildman–Crippen LogP) is 2.32. The highest BCUT2D eigenvalue weighted by Gasteiger charge is 2.18. The Balaban J connectivity index is 0.00000242. The molecule has 1 unspecified atom stereocenters. The molecule has 1 aliphatic heterocycles. The highest BCUT2D eigenvalue weighted by Crippen LogP contribution is 2.38. The fraction of sp³-hybridized carbons (Fsp3) is 0.625. The minimum absolute atomic E-state index is 0. The Labute approximate surface area is 139 Å². The minimum atomic E-state index is 0. The van der Waals surface area contributed by atoms with Gasteiger partial charge < -0.3 is 19.5 Å². The van der Waals surface area contributed by atoms with Crippen LogP contribution in [0.1, 0.15) is 19.4 Å². The Hall–Kier alpha value is -1.17. The normalized spacial score (nSPS) is 18.5. The molecule has 0 aliphatic carbocycles. The van der Waals surface area contributed by atoms with E-state index >= 15 is 0 Å². The number of ether oxygens (including phenoxy) is 3. The summed E-state index contributed by atoms with van der Waals surface area (Å²) in [6, 6.07) is 4.62. The van der Waals surface area contributed by atoms with Crippen molar-refractivity contribution in [2.45, 2.75) is 26.4 Å². The van der Waals surface area contributed by atoms with Crippen LogP contribution in [0.4, 0.5) is 0 Å². The first kappa shape index (κ1) is 18.9. The smallest absolute Gasteiger partial charge is 0.203 e. The number of methoxy groups -OCH3 is 2. The fourth-order valence-electron chi connectivity index (χ4n) is 2.73. The van der Waals surface area contributed by atoms with E-state index in [4.69, 9.17) is 14.2 Å². The zero-order chi connectivity index (χ0) is 15.2. The van der Waals surface area contributed by atoms with Crippen LogP contribution in [0.2, 0.25) is 0 Å². The van der Waals surface area contributed by atoms with Crippen LogP contribution in [0.5, 0.6) is 17.2 Å². The molecule has 1 fully saturated rings. The molecule has 0 bridgehead atoms. The first-order valence-electron chi connectivity index (χ1n) is 7.51. The first-order valence-corrected chi connectivity index (χ1v) is 7.51. The van der Waals surface area contributed by atoms with Crippen molar-refractivity contribution < 1.29 is 14.2 Å². The standard InChI is InChI=1S/C16H26N2O3.ClH/c1-5-21-16-14(19-3)8-13(9-15(16)20-4)11-18-7-6-17-12(2)10-18;/h8-9,12,17H,5-7,10-11H2,1-4H3;1H. The molecule has 0 saturated carbocycles. The summed E-state index contributed by atoms with van der Waals surface area (Å²) in [4.78, 5) is 2.44. The Kier molecular flexibility index (Phi) is 7.79. The minimum Gasteiger partial charge on any atom is -0.493 e. The maximum atomic E-state index is 5.64. The van der Waals surface area contributed by atoms with E-state index in [2.05, 4.69) is 17.1 Å². The summed E-state index contributed by atoms with van der Waals surface area (Å²) in [5.41, 5.74) is 1.18. The molecule has 1 atom stereocenters. The van der Waals surface area contributed by atoms with Crippen LogP contribution < -0.4 is 19.5 Å². The van der Waals surface area contributed by atoms with Gasteiger partial charge in [-0.15, -0.1) is 12.4 Å². The lowest BCUT2D eigenvalue weighted by Crippen LogP contribution is -2.48. The lowest BCUT2D eigenvalue weighted by Gasteiger charge is -2.32. The van der Waals surface area contributed by atoms with Crippen LogP contribution >= 0.6 is 12.4 Å². The van der Waals surface area contributed by atoms with Crippen LogP contribution in [-0.2, 0) is 6.54 Å². The van der Waals surface area contributed by atoms with Gasteiger partial charge in [-0.3, -0.25) is 4.90 Å². The molecule has 1 aliphatic rings. The molecule has 2 rings (SSSR count). The Morgan fingerprint density at radius 3 is 2.36 bits per heavy atom. The van der Waals surface area contributed by atoms with Crippen molar-refractivity contribution >= 4 is 12.4 Å². The Morgan fingerprint density at radius 2 is 1.86 bits per heavy atom. The van der Waals surface area contributed by atoms with Gasteiger partial charge in [0, 0.05) is 32.2 Å². The molecule has 1 aromatic carbocycles. The highest BCUT2D eigenvalue weighted by atomic mass is 35.5. The van der Waals surface area contributed by atoms with Crippen molar-refractivity contribution in [3.8, 4) is 17.2 Å². The molecule has 126 valence electrons. The van der Waals surface area contributed by atoms with Crippen LogP contribution in [0.3, 0.4) is 0 Å². The average molecular weight is 331 g/mol. The number of hydrogen-bond donors (Lipinski definition) is 1. The SMILES string of the molecule is CCOc1c(OC)cc(CN2CCNC(C)C2)cc1OC.Cl. The summed E-state index contributed by atoms with van der Waals surface area (Å²) in [5.74, 6) is 2.14. The van der Waals surface area contributed by atoms with E-state index in [9.17, 15) is 0 Å². The third kappa shape index (κ3) is 4.66. The third-order valence-corrected chi connectivity index (χ3v) is 3.67. The van der Waals surface area contributed by atoms with Gasteiger partial charge in [0.05, 0.1) is 20.8 Å². The molecule has 1 aromatic rings. The van der Waals surface area contributed by atoms with Crippen molar-refractivity contribution in [3.63, 3.8) is 0 Å². The number of nitrogens with one attached hydrogen (secondary N) is 1. The highest BCUT2D eigenvalue weighted by molar-refractivity contribution is 5.85. The van der Waals surface area contributed by atoms with E-state index in [-0.39, 0.29) is 12.4 Å². The van der Waals surface area contributed by atoms with Gasteiger partial charge in [-0.2, -0.15) is 0 Å². The average Bonchev–Trinajstić information content (AvgIpc) is 2.48. The molecule has 22 heavy (non-hydrogen) atoms. The molecule has 5 nitrogen and oxygen atoms in total. The van der Waals surface area contributed by atoms with Crippen molar-refractivity contribution in [3.05, 3.63) is 17.7 Å². The van der Waals surface area contributed by atoms with Gasteiger partial charge in [0.2, 0.25) is 5.75 Å². The van der Waals surface area contributed by atoms with Crippen molar-refractivity contribution in [2.75, 3.05) is 40.5 Å². The van der Waals surface area contributed by atoms with Gasteiger partial charge >= 0.3 is 0 Å². The maximum absolute atomic E-state index is 5.64. The molecule has 0 radical (unpaired) electrons. The second-order valence-corrected chi connectivity index (χ2v) is 5.35. The zero-order valence-corrected chi connectivity index (χ0v) is 14.7. The topological polar surface area (TPSA) is 43.0 Å². The number of rotatable bonds is 6. The predicted molar refractivity (Wildman–Crippen MR) is 90.7 cm³/mol. The number of hydrogen-bond acceptors (Lipinski definition) is 5. The van der Waals surface area contributed by atoms with E-state index in [1.54, 1.807) is 14.2 Å². The lowest BCUT2D eigenvalue weighted by atomic mass is 10.1. The molecule has 0 spiro atoms. The van der Waals surface area contributed by atoms with E-state index in [1.165, 1.54) is 5.56 Å². The van der Waals surface area contributed by atoms with Gasteiger partial charge in [-0.25, -0.2) is 0 Å². The molecule has 1 heterocycles. The van der Waals surface area contributed by atoms with E-state index < -0.39 is 0 Å². The fourth-order valence-corrected chi connectivity index (χ4v) is 2.73. The summed E-state index contributed by atoms with van der Waals surface area (Å²) in [7, 11) is 3.32. The van der Waals surface area contributed by atoms with Crippen molar-refractivity contribution in [1.82, 2.24) is 10.2 Å². The van der Waals surface area contributed by atoms with Gasteiger partial charge in [-0.05, 0) is 31.5 Å². The molecular formula is C16H27ClN2O3. The maximum Gasteiger partial charge on any atom is 0.203 e. The first-order chi connectivity index (χ1) is 10.2. The van der Waals surface area contributed by atoms with E-state index in [0.29, 0.717) is 18.4 Å². The summed E-state index contributed by atoms with van der Waals surface area (Å²) >= 11 is 0. The van der Waals surface area contributed by atoms with Gasteiger partial charge in [0.25, 0.3) is 0 Å². The molecule has 1 N–H and O–H groups in total. The van der Waals surface area contributed by atoms with Crippen LogP contribution in [-0.4, -0.2) is 51.4 Å². The number of piperazine rings is 1.